The minimum atomic E-state index is -0.448. The van der Waals surface area contributed by atoms with Crippen LogP contribution in [-0.2, 0) is 17.8 Å². The van der Waals surface area contributed by atoms with Crippen molar-refractivity contribution in [3.05, 3.63) is 34.4 Å². The third-order valence-corrected chi connectivity index (χ3v) is 2.49. The Bertz CT molecular complexity index is 460. The highest BCUT2D eigenvalue weighted by atomic mass is 16.5. The van der Waals surface area contributed by atoms with E-state index < -0.39 is 5.97 Å². The number of aliphatic hydroxyl groups excluding tert-OH is 1. The van der Waals surface area contributed by atoms with Crippen LogP contribution in [0.4, 0.5) is 0 Å². The molecule has 0 bridgehead atoms. The molecule has 1 N–H and O–H groups in total. The molecule has 0 radical (unpaired) electrons. The molecule has 1 aromatic rings. The van der Waals surface area contributed by atoms with Crippen LogP contribution in [0.5, 0.6) is 0 Å². The van der Waals surface area contributed by atoms with Crippen LogP contribution in [0.2, 0.25) is 0 Å². The summed E-state index contributed by atoms with van der Waals surface area (Å²) >= 11 is 0. The summed E-state index contributed by atoms with van der Waals surface area (Å²) in [5, 5.41) is 18.1. The van der Waals surface area contributed by atoms with Gasteiger partial charge in [0.1, 0.15) is 0 Å². The van der Waals surface area contributed by atoms with Gasteiger partial charge in [0.05, 0.1) is 30.4 Å². The number of esters is 1. The molecular weight excluding hydrogens is 218 g/mol. The van der Waals surface area contributed by atoms with Gasteiger partial charge in [0.2, 0.25) is 0 Å². The van der Waals surface area contributed by atoms with Crippen LogP contribution in [0.15, 0.2) is 12.1 Å². The van der Waals surface area contributed by atoms with Gasteiger partial charge in [0, 0.05) is 0 Å². The molecule has 0 saturated heterocycles. The van der Waals surface area contributed by atoms with Gasteiger partial charge in [0.25, 0.3) is 0 Å². The van der Waals surface area contributed by atoms with Crippen molar-refractivity contribution in [1.82, 2.24) is 0 Å². The Morgan fingerprint density at radius 1 is 1.47 bits per heavy atom. The number of nitriles is 1. The Kier molecular flexibility index (Phi) is 4.68. The number of nitrogens with zero attached hydrogens (tertiary/aromatic N) is 1. The highest BCUT2D eigenvalue weighted by Gasteiger charge is 2.16. The zero-order valence-electron chi connectivity index (χ0n) is 9.99. The molecule has 1 aromatic carbocycles. The Hall–Kier alpha value is -1.86. The summed E-state index contributed by atoms with van der Waals surface area (Å²) in [7, 11) is 0. The van der Waals surface area contributed by atoms with Crippen LogP contribution in [0, 0.1) is 11.3 Å². The summed E-state index contributed by atoms with van der Waals surface area (Å²) < 4.78 is 4.94. The first-order valence-corrected chi connectivity index (χ1v) is 5.51. The predicted molar refractivity (Wildman–Crippen MR) is 62.4 cm³/mol. The van der Waals surface area contributed by atoms with Crippen LogP contribution in [-0.4, -0.2) is 17.7 Å². The minimum absolute atomic E-state index is 0.189. The van der Waals surface area contributed by atoms with Gasteiger partial charge in [-0.3, -0.25) is 0 Å². The second-order valence-electron chi connectivity index (χ2n) is 3.51. The lowest BCUT2D eigenvalue weighted by molar-refractivity contribution is 0.0525. The van der Waals surface area contributed by atoms with Crippen molar-refractivity contribution in [2.45, 2.75) is 26.9 Å². The average molecular weight is 233 g/mol. The second-order valence-corrected chi connectivity index (χ2v) is 3.51. The smallest absolute Gasteiger partial charge is 0.338 e. The fourth-order valence-corrected chi connectivity index (χ4v) is 1.75. The van der Waals surface area contributed by atoms with E-state index in [2.05, 4.69) is 0 Å². The molecule has 0 fully saturated rings. The molecule has 0 atom stereocenters. The molecule has 0 aromatic heterocycles. The Labute approximate surface area is 100 Å². The highest BCUT2D eigenvalue weighted by molar-refractivity contribution is 5.92. The van der Waals surface area contributed by atoms with Gasteiger partial charge in [-0.1, -0.05) is 6.92 Å². The second kappa shape index (κ2) is 6.02. The summed E-state index contributed by atoms with van der Waals surface area (Å²) in [5.74, 6) is -0.448. The average Bonchev–Trinajstić information content (AvgIpc) is 2.37. The van der Waals surface area contributed by atoms with Crippen molar-refractivity contribution in [3.8, 4) is 6.07 Å². The maximum Gasteiger partial charge on any atom is 0.338 e. The summed E-state index contributed by atoms with van der Waals surface area (Å²) in [4.78, 5) is 11.7. The van der Waals surface area contributed by atoms with Gasteiger partial charge in [-0.15, -0.1) is 0 Å². The zero-order valence-corrected chi connectivity index (χ0v) is 9.99. The molecule has 4 nitrogen and oxygen atoms in total. The van der Waals surface area contributed by atoms with Crippen molar-refractivity contribution in [2.24, 2.45) is 0 Å². The van der Waals surface area contributed by atoms with Crippen LogP contribution < -0.4 is 0 Å². The SMILES string of the molecule is CCOC(=O)c1cc(C#N)cc(CO)c1CC. The van der Waals surface area contributed by atoms with E-state index in [0.29, 0.717) is 23.1 Å². The third kappa shape index (κ3) is 2.83. The van der Waals surface area contributed by atoms with Gasteiger partial charge in [-0.05, 0) is 36.6 Å². The van der Waals surface area contributed by atoms with Gasteiger partial charge in [-0.25, -0.2) is 4.79 Å². The fraction of sp³-hybridized carbons (Fsp3) is 0.385. The van der Waals surface area contributed by atoms with Crippen molar-refractivity contribution in [2.75, 3.05) is 6.61 Å². The Morgan fingerprint density at radius 3 is 2.65 bits per heavy atom. The predicted octanol–water partition coefficient (Wildman–Crippen LogP) is 1.79. The molecule has 90 valence electrons. The molecule has 17 heavy (non-hydrogen) atoms. The fourth-order valence-electron chi connectivity index (χ4n) is 1.75. The molecule has 0 aliphatic heterocycles. The molecule has 0 aliphatic carbocycles. The van der Waals surface area contributed by atoms with Gasteiger partial charge >= 0.3 is 5.97 Å². The Balaban J connectivity index is 3.35. The van der Waals surface area contributed by atoms with Crippen molar-refractivity contribution >= 4 is 5.97 Å². The van der Waals surface area contributed by atoms with Crippen molar-refractivity contribution in [3.63, 3.8) is 0 Å². The number of ether oxygens (including phenoxy) is 1. The van der Waals surface area contributed by atoms with Crippen LogP contribution in [0.3, 0.4) is 0 Å². The lowest BCUT2D eigenvalue weighted by atomic mass is 9.96. The van der Waals surface area contributed by atoms with E-state index in [1.807, 2.05) is 13.0 Å². The molecule has 4 heteroatoms. The van der Waals surface area contributed by atoms with E-state index in [-0.39, 0.29) is 13.2 Å². The quantitative estimate of drug-likeness (QED) is 0.805. The van der Waals surface area contributed by atoms with Gasteiger partial charge in [-0.2, -0.15) is 5.26 Å². The zero-order chi connectivity index (χ0) is 12.8. The van der Waals surface area contributed by atoms with E-state index in [1.165, 1.54) is 6.07 Å². The molecule has 0 unspecified atom stereocenters. The van der Waals surface area contributed by atoms with E-state index in [4.69, 9.17) is 10.00 Å². The van der Waals surface area contributed by atoms with Gasteiger partial charge in [0.15, 0.2) is 0 Å². The van der Waals surface area contributed by atoms with Crippen molar-refractivity contribution < 1.29 is 14.6 Å². The summed E-state index contributed by atoms with van der Waals surface area (Å²) in [6.07, 6.45) is 0.607. The molecule has 0 amide bonds. The van der Waals surface area contributed by atoms with Crippen LogP contribution >= 0.6 is 0 Å². The topological polar surface area (TPSA) is 70.3 Å². The number of carbonyl (C=O) groups is 1. The lowest BCUT2D eigenvalue weighted by Crippen LogP contribution is -2.10. The molecule has 0 heterocycles. The molecule has 0 saturated carbocycles. The molecule has 0 spiro atoms. The highest BCUT2D eigenvalue weighted by Crippen LogP contribution is 2.19. The monoisotopic (exact) mass is 233 g/mol. The molecular formula is C13H15NO3. The van der Waals surface area contributed by atoms with Crippen LogP contribution in [0.25, 0.3) is 0 Å². The number of aliphatic hydroxyl groups is 1. The van der Waals surface area contributed by atoms with E-state index >= 15 is 0 Å². The Morgan fingerprint density at radius 2 is 2.18 bits per heavy atom. The largest absolute Gasteiger partial charge is 0.462 e. The maximum atomic E-state index is 11.7. The van der Waals surface area contributed by atoms with E-state index in [9.17, 15) is 9.90 Å². The first-order valence-electron chi connectivity index (χ1n) is 5.51. The maximum absolute atomic E-state index is 11.7. The number of hydrogen-bond acceptors (Lipinski definition) is 4. The van der Waals surface area contributed by atoms with Crippen molar-refractivity contribution in [1.29, 1.82) is 5.26 Å². The first kappa shape index (κ1) is 13.2. The summed E-state index contributed by atoms with van der Waals surface area (Å²) in [6.45, 7) is 3.71. The number of benzene rings is 1. The van der Waals surface area contributed by atoms with E-state index in [0.717, 1.165) is 5.56 Å². The normalized spacial score (nSPS) is 9.76. The molecule has 1 rings (SSSR count). The number of rotatable bonds is 4. The number of carbonyl (C=O) groups excluding carboxylic acids is 1. The van der Waals surface area contributed by atoms with Crippen LogP contribution in [0.1, 0.15) is 40.9 Å². The van der Waals surface area contributed by atoms with Gasteiger partial charge < -0.3 is 9.84 Å². The first-order chi connectivity index (χ1) is 8.17. The standard InChI is InChI=1S/C13H15NO3/c1-3-11-10(8-15)5-9(7-14)6-12(11)13(16)17-4-2/h5-6,15H,3-4,8H2,1-2H3. The van der Waals surface area contributed by atoms with E-state index in [1.54, 1.807) is 13.0 Å². The third-order valence-electron chi connectivity index (χ3n) is 2.49. The summed E-state index contributed by atoms with van der Waals surface area (Å²) in [6, 6.07) is 5.08. The summed E-state index contributed by atoms with van der Waals surface area (Å²) in [5.41, 5.74) is 2.08. The lowest BCUT2D eigenvalue weighted by Gasteiger charge is -2.11. The minimum Gasteiger partial charge on any atom is -0.462 e. The number of hydrogen-bond donors (Lipinski definition) is 1. The molecule has 0 aliphatic rings.